The molecule has 1 saturated heterocycles. The van der Waals surface area contributed by atoms with Gasteiger partial charge in [0.2, 0.25) is 5.91 Å². The molecule has 5 heteroatoms. The monoisotopic (exact) mass is 266 g/mol. The fraction of sp³-hybridized carbons (Fsp3) is 0.714. The van der Waals surface area contributed by atoms with Crippen LogP contribution in [0.25, 0.3) is 0 Å². The number of ether oxygens (including phenoxy) is 1. The van der Waals surface area contributed by atoms with Crippen molar-refractivity contribution < 1.29 is 19.4 Å². The van der Waals surface area contributed by atoms with E-state index in [0.29, 0.717) is 39.1 Å². The molecule has 0 aromatic rings. The molecule has 0 aromatic heterocycles. The quantitative estimate of drug-likeness (QED) is 0.657. The number of aliphatic carboxylic acids is 1. The second kappa shape index (κ2) is 5.74. The SMILES string of the molecule is CC1=C(C)C[C@@H](C(=O)N2CCOCC2)[C@H](C(=O)[O-])C1. The molecule has 0 spiro atoms. The fourth-order valence-corrected chi connectivity index (χ4v) is 2.82. The van der Waals surface area contributed by atoms with E-state index >= 15 is 0 Å². The molecule has 0 aromatic carbocycles. The third kappa shape index (κ3) is 2.97. The van der Waals surface area contributed by atoms with Crippen molar-refractivity contribution in [3.8, 4) is 0 Å². The Balaban J connectivity index is 2.15. The normalized spacial score (nSPS) is 28.4. The second-order valence-electron chi connectivity index (χ2n) is 5.44. The summed E-state index contributed by atoms with van der Waals surface area (Å²) in [5.74, 6) is -2.35. The number of nitrogens with zero attached hydrogens (tertiary/aromatic N) is 1. The van der Waals surface area contributed by atoms with Crippen LogP contribution in [0, 0.1) is 11.8 Å². The van der Waals surface area contributed by atoms with E-state index in [0.717, 1.165) is 11.1 Å². The Kier molecular flexibility index (Phi) is 4.24. The number of hydrogen-bond acceptors (Lipinski definition) is 4. The highest BCUT2D eigenvalue weighted by molar-refractivity contribution is 5.85. The van der Waals surface area contributed by atoms with Crippen molar-refractivity contribution in [1.82, 2.24) is 4.90 Å². The Morgan fingerprint density at radius 2 is 1.63 bits per heavy atom. The van der Waals surface area contributed by atoms with Crippen LogP contribution in [-0.2, 0) is 14.3 Å². The average molecular weight is 266 g/mol. The van der Waals surface area contributed by atoms with Crippen molar-refractivity contribution in [2.45, 2.75) is 26.7 Å². The zero-order valence-electron chi connectivity index (χ0n) is 11.5. The first-order valence-corrected chi connectivity index (χ1v) is 6.73. The van der Waals surface area contributed by atoms with Crippen LogP contribution in [0.15, 0.2) is 11.1 Å². The highest BCUT2D eigenvalue weighted by atomic mass is 16.5. The lowest BCUT2D eigenvalue weighted by Gasteiger charge is -2.37. The third-order valence-corrected chi connectivity index (χ3v) is 4.21. The lowest BCUT2D eigenvalue weighted by atomic mass is 9.76. The van der Waals surface area contributed by atoms with Gasteiger partial charge >= 0.3 is 0 Å². The van der Waals surface area contributed by atoms with Crippen molar-refractivity contribution in [2.24, 2.45) is 11.8 Å². The molecule has 0 N–H and O–H groups in total. The highest BCUT2D eigenvalue weighted by Gasteiger charge is 2.36. The maximum absolute atomic E-state index is 12.5. The zero-order chi connectivity index (χ0) is 14.0. The molecule has 1 fully saturated rings. The molecular weight excluding hydrogens is 246 g/mol. The molecule has 1 aliphatic carbocycles. The largest absolute Gasteiger partial charge is 0.550 e. The Morgan fingerprint density at radius 1 is 1.11 bits per heavy atom. The minimum Gasteiger partial charge on any atom is -0.550 e. The smallest absolute Gasteiger partial charge is 0.226 e. The number of amides is 1. The number of carbonyl (C=O) groups excluding carboxylic acids is 2. The molecule has 2 atom stereocenters. The number of carbonyl (C=O) groups is 2. The van der Waals surface area contributed by atoms with Crippen molar-refractivity contribution in [1.29, 1.82) is 0 Å². The van der Waals surface area contributed by atoms with Gasteiger partial charge < -0.3 is 19.5 Å². The third-order valence-electron chi connectivity index (χ3n) is 4.21. The van der Waals surface area contributed by atoms with E-state index < -0.39 is 17.8 Å². The molecule has 0 unspecified atom stereocenters. The highest BCUT2D eigenvalue weighted by Crippen LogP contribution is 2.35. The summed E-state index contributed by atoms with van der Waals surface area (Å²) in [6.45, 7) is 6.07. The molecule has 2 aliphatic rings. The molecular formula is C14H20NO4-. The number of carboxylic acids is 1. The molecule has 0 radical (unpaired) electrons. The van der Waals surface area contributed by atoms with Crippen LogP contribution in [0.2, 0.25) is 0 Å². The van der Waals surface area contributed by atoms with Gasteiger partial charge in [-0.1, -0.05) is 11.1 Å². The van der Waals surface area contributed by atoms with Crippen LogP contribution in [0.3, 0.4) is 0 Å². The number of rotatable bonds is 2. The molecule has 0 saturated carbocycles. The number of allylic oxidation sites excluding steroid dienone is 2. The van der Waals surface area contributed by atoms with Gasteiger partial charge in [0.25, 0.3) is 0 Å². The van der Waals surface area contributed by atoms with Gasteiger partial charge in [0.1, 0.15) is 0 Å². The molecule has 1 aliphatic heterocycles. The van der Waals surface area contributed by atoms with Gasteiger partial charge in [-0.2, -0.15) is 0 Å². The minimum absolute atomic E-state index is 0.0654. The maximum Gasteiger partial charge on any atom is 0.226 e. The van der Waals surface area contributed by atoms with Gasteiger partial charge in [0.15, 0.2) is 0 Å². The molecule has 1 heterocycles. The Labute approximate surface area is 113 Å². The summed E-state index contributed by atoms with van der Waals surface area (Å²) < 4.78 is 5.22. The van der Waals surface area contributed by atoms with E-state index in [1.165, 1.54) is 0 Å². The molecule has 19 heavy (non-hydrogen) atoms. The summed E-state index contributed by atoms with van der Waals surface area (Å²) in [4.78, 5) is 25.5. The lowest BCUT2D eigenvalue weighted by Crippen LogP contribution is -2.49. The Hall–Kier alpha value is -1.36. The summed E-state index contributed by atoms with van der Waals surface area (Å²) in [7, 11) is 0. The van der Waals surface area contributed by atoms with Gasteiger partial charge in [0.05, 0.1) is 19.1 Å². The van der Waals surface area contributed by atoms with Crippen molar-refractivity contribution in [3.05, 3.63) is 11.1 Å². The zero-order valence-corrected chi connectivity index (χ0v) is 11.5. The summed E-state index contributed by atoms with van der Waals surface area (Å²) in [6.07, 6.45) is 0.954. The van der Waals surface area contributed by atoms with Gasteiger partial charge in [-0.05, 0) is 26.7 Å². The molecule has 0 bridgehead atoms. The van der Waals surface area contributed by atoms with Crippen LogP contribution in [0.4, 0.5) is 0 Å². The predicted molar refractivity (Wildman–Crippen MR) is 67.0 cm³/mol. The van der Waals surface area contributed by atoms with Crippen LogP contribution in [0.5, 0.6) is 0 Å². The van der Waals surface area contributed by atoms with E-state index in [1.54, 1.807) is 4.90 Å². The fourth-order valence-electron chi connectivity index (χ4n) is 2.82. The van der Waals surface area contributed by atoms with Crippen molar-refractivity contribution in [3.63, 3.8) is 0 Å². The van der Waals surface area contributed by atoms with Gasteiger partial charge in [-0.15, -0.1) is 0 Å². The second-order valence-corrected chi connectivity index (χ2v) is 5.44. The minimum atomic E-state index is -1.11. The first-order valence-electron chi connectivity index (χ1n) is 6.73. The standard InChI is InChI=1S/C14H21NO4/c1-9-7-11(12(14(17)18)8-10(9)2)13(16)15-3-5-19-6-4-15/h11-12H,3-8H2,1-2H3,(H,17,18)/p-1/t11-,12-/m1/s1. The van der Waals surface area contributed by atoms with Crippen LogP contribution >= 0.6 is 0 Å². The first kappa shape index (κ1) is 14.1. The predicted octanol–water partition coefficient (Wildman–Crippen LogP) is -0.0423. The number of carboxylic acid groups (broad SMARTS) is 1. The number of hydrogen-bond donors (Lipinski definition) is 0. The van der Waals surface area contributed by atoms with E-state index in [2.05, 4.69) is 0 Å². The molecule has 5 nitrogen and oxygen atoms in total. The topological polar surface area (TPSA) is 69.7 Å². The molecule has 106 valence electrons. The summed E-state index contributed by atoms with van der Waals surface area (Å²) >= 11 is 0. The van der Waals surface area contributed by atoms with Crippen LogP contribution in [-0.4, -0.2) is 43.1 Å². The Morgan fingerprint density at radius 3 is 2.16 bits per heavy atom. The van der Waals surface area contributed by atoms with Gasteiger partial charge in [-0.3, -0.25) is 4.79 Å². The first-order chi connectivity index (χ1) is 9.00. The van der Waals surface area contributed by atoms with Crippen molar-refractivity contribution in [2.75, 3.05) is 26.3 Å². The Bertz CT molecular complexity index is 410. The summed E-state index contributed by atoms with van der Waals surface area (Å²) in [5, 5.41) is 11.3. The number of morpholine rings is 1. The van der Waals surface area contributed by atoms with Crippen molar-refractivity contribution >= 4 is 11.9 Å². The average Bonchev–Trinajstić information content (AvgIpc) is 2.41. The van der Waals surface area contributed by atoms with E-state index in [9.17, 15) is 14.7 Å². The van der Waals surface area contributed by atoms with E-state index in [1.807, 2.05) is 13.8 Å². The summed E-state index contributed by atoms with van der Waals surface area (Å²) in [6, 6.07) is 0. The van der Waals surface area contributed by atoms with Gasteiger partial charge in [-0.25, -0.2) is 0 Å². The maximum atomic E-state index is 12.5. The lowest BCUT2D eigenvalue weighted by molar-refractivity contribution is -0.313. The summed E-state index contributed by atoms with van der Waals surface area (Å²) in [5.41, 5.74) is 2.20. The van der Waals surface area contributed by atoms with E-state index in [4.69, 9.17) is 4.74 Å². The van der Waals surface area contributed by atoms with Gasteiger partial charge in [0, 0.05) is 25.0 Å². The molecule has 2 rings (SSSR count). The van der Waals surface area contributed by atoms with Crippen LogP contribution < -0.4 is 5.11 Å². The van der Waals surface area contributed by atoms with Crippen LogP contribution in [0.1, 0.15) is 26.7 Å². The molecule has 1 amide bonds. The van der Waals surface area contributed by atoms with E-state index in [-0.39, 0.29) is 5.91 Å².